The molecule has 12 aromatic carbocycles. The van der Waals surface area contributed by atoms with Crippen LogP contribution in [0.15, 0.2) is 328 Å². The molecule has 0 spiro atoms. The molecule has 11 nitrogen and oxygen atoms in total. The van der Waals surface area contributed by atoms with Crippen molar-refractivity contribution in [3.8, 4) is 113 Å². The smallest absolute Gasteiger partial charge is 0.399 e. The number of hydrogen-bond donors (Lipinski definition) is 0. The highest BCUT2D eigenvalue weighted by molar-refractivity contribution is 6.62. The lowest BCUT2D eigenvalue weighted by Gasteiger charge is -2.32. The molecular formula is C89H66BN9O2. The quantitative estimate of drug-likeness (QED) is 0.110. The predicted octanol–water partition coefficient (Wildman–Crippen LogP) is 20.6. The summed E-state index contributed by atoms with van der Waals surface area (Å²) in [4.78, 5) is 34.2. The summed E-state index contributed by atoms with van der Waals surface area (Å²) in [5, 5.41) is 4.91. The van der Waals surface area contributed by atoms with Crippen LogP contribution in [0.2, 0.25) is 0 Å². The van der Waals surface area contributed by atoms with Gasteiger partial charge in [-0.05, 0) is 134 Å². The molecule has 0 radical (unpaired) electrons. The van der Waals surface area contributed by atoms with Crippen molar-refractivity contribution in [1.82, 2.24) is 44.0 Å². The van der Waals surface area contributed by atoms with Gasteiger partial charge in [0, 0.05) is 84.3 Å². The van der Waals surface area contributed by atoms with Gasteiger partial charge in [0.1, 0.15) is 0 Å². The summed E-state index contributed by atoms with van der Waals surface area (Å²) >= 11 is 0. The van der Waals surface area contributed by atoms with Gasteiger partial charge in [0.05, 0.1) is 33.3 Å². The van der Waals surface area contributed by atoms with Crippen LogP contribution in [0.3, 0.4) is 0 Å². The van der Waals surface area contributed by atoms with E-state index in [1.165, 1.54) is 43.6 Å². The second-order valence-corrected chi connectivity index (χ2v) is 26.4. The van der Waals surface area contributed by atoms with Crippen molar-refractivity contribution in [3.05, 3.63) is 328 Å². The average molecular weight is 1300 g/mol. The number of benzene rings is 12. The number of rotatable bonds is 12. The Balaban J connectivity index is 0.000000151. The van der Waals surface area contributed by atoms with Crippen molar-refractivity contribution >= 4 is 56.2 Å². The topological polar surface area (TPSA) is 119 Å². The molecule has 18 rings (SSSR count). The summed E-state index contributed by atoms with van der Waals surface area (Å²) in [6.45, 7) is 8.26. The zero-order valence-electron chi connectivity index (χ0n) is 56.1. The molecule has 6 heterocycles. The van der Waals surface area contributed by atoms with E-state index in [9.17, 15) is 0 Å². The third-order valence-corrected chi connectivity index (χ3v) is 19.4. The van der Waals surface area contributed by atoms with E-state index in [1.54, 1.807) is 6.20 Å². The average Bonchev–Trinajstić information content (AvgIpc) is 1.61. The molecule has 0 atom stereocenters. The number of fused-ring (bicyclic) bond motifs is 6. The molecule has 0 N–H and O–H groups in total. The summed E-state index contributed by atoms with van der Waals surface area (Å²) in [7, 11) is -0.485. The standard InChI is InChI=1S/C45H37BN4O2.C44H29N5/c1-44(2)45(3,4)52-46(51-44)35-17-13-16-34(28-35)43-48-41(31-14-7-5-8-15-31)47-42(49-43)32-24-22-30(23-25-32)33-26-27-40-38(29-33)37-20-11-12-21-39(37)50(40)36-18-9-6-10-19-36;1-3-11-31(12-4-1)42-46-43(48-44(47-42)35-14-9-13-33(27-35)36-15-10-26-45-29-36)32-22-20-30(21-23-32)34-24-25-41-39(28-34)38-18-7-8-19-40(38)49(41)37-16-5-2-6-17-37/h5-29H,1-4H3;1-29H. The Morgan fingerprint density at radius 2 is 0.584 bits per heavy atom. The fourth-order valence-corrected chi connectivity index (χ4v) is 13.5. The monoisotopic (exact) mass is 1300 g/mol. The van der Waals surface area contributed by atoms with E-state index in [4.69, 9.17) is 39.2 Å². The van der Waals surface area contributed by atoms with Crippen LogP contribution in [0.4, 0.5) is 0 Å². The molecule has 1 aliphatic rings. The van der Waals surface area contributed by atoms with Crippen LogP contribution in [0.5, 0.6) is 0 Å². The normalized spacial score (nSPS) is 13.2. The molecule has 17 aromatic rings. The largest absolute Gasteiger partial charge is 0.494 e. The number of nitrogens with zero attached hydrogens (tertiary/aromatic N) is 9. The maximum atomic E-state index is 6.36. The van der Waals surface area contributed by atoms with Gasteiger partial charge in [-0.2, -0.15) is 0 Å². The van der Waals surface area contributed by atoms with E-state index < -0.39 is 18.3 Å². The van der Waals surface area contributed by atoms with Gasteiger partial charge < -0.3 is 18.4 Å². The second-order valence-electron chi connectivity index (χ2n) is 26.4. The zero-order chi connectivity index (χ0) is 68.0. The maximum absolute atomic E-state index is 6.36. The van der Waals surface area contributed by atoms with Crippen LogP contribution < -0.4 is 5.46 Å². The summed E-state index contributed by atoms with van der Waals surface area (Å²) in [5.41, 5.74) is 19.3. The van der Waals surface area contributed by atoms with Crippen molar-refractivity contribution in [2.45, 2.75) is 38.9 Å². The molecule has 1 fully saturated rings. The van der Waals surface area contributed by atoms with Gasteiger partial charge in [-0.15, -0.1) is 0 Å². The number of hydrogen-bond acceptors (Lipinski definition) is 9. The molecule has 0 saturated carbocycles. The molecule has 5 aromatic heterocycles. The maximum Gasteiger partial charge on any atom is 0.494 e. The molecule has 0 aliphatic carbocycles. The minimum absolute atomic E-state index is 0.437. The Bertz CT molecular complexity index is 5880. The SMILES string of the molecule is CC1(C)OB(c2cccc(-c3nc(-c4ccccc4)nc(-c4ccc(-c5ccc6c(c5)c5ccccc5n6-c5ccccc5)cc4)n3)c2)OC1(C)C.c1ccc(-c2nc(-c3ccc(-c4ccc5c(c4)c4ccccc4n5-c4ccccc4)cc3)nc(-c3cccc(-c4cccnc4)c3)n2)cc1. The van der Waals surface area contributed by atoms with Gasteiger partial charge in [0.25, 0.3) is 0 Å². The Kier molecular flexibility index (Phi) is 15.9. The highest BCUT2D eigenvalue weighted by Crippen LogP contribution is 2.40. The highest BCUT2D eigenvalue weighted by atomic mass is 16.7. The molecule has 0 unspecified atom stereocenters. The molecule has 0 bridgehead atoms. The van der Waals surface area contributed by atoms with Crippen LogP contribution in [0, 0.1) is 0 Å². The first-order chi connectivity index (χ1) is 49.5. The minimum Gasteiger partial charge on any atom is -0.399 e. The van der Waals surface area contributed by atoms with Crippen molar-refractivity contribution in [2.75, 3.05) is 0 Å². The van der Waals surface area contributed by atoms with Crippen LogP contribution >= 0.6 is 0 Å². The molecule has 12 heteroatoms. The van der Waals surface area contributed by atoms with Crippen molar-refractivity contribution in [3.63, 3.8) is 0 Å². The number of aromatic nitrogens is 9. The van der Waals surface area contributed by atoms with E-state index in [1.807, 2.05) is 103 Å². The molecule has 101 heavy (non-hydrogen) atoms. The Morgan fingerprint density at radius 1 is 0.257 bits per heavy atom. The van der Waals surface area contributed by atoms with Gasteiger partial charge in [0.2, 0.25) is 0 Å². The third kappa shape index (κ3) is 12.0. The summed E-state index contributed by atoms with van der Waals surface area (Å²) in [6.07, 6.45) is 3.65. The van der Waals surface area contributed by atoms with Crippen LogP contribution in [-0.4, -0.2) is 62.3 Å². The van der Waals surface area contributed by atoms with Crippen molar-refractivity contribution < 1.29 is 9.31 Å². The summed E-state index contributed by atoms with van der Waals surface area (Å²) in [6, 6.07) is 109. The fraction of sp³-hybridized carbons (Fsp3) is 0.0674. The first-order valence-electron chi connectivity index (χ1n) is 34.0. The first-order valence-corrected chi connectivity index (χ1v) is 34.0. The Morgan fingerprint density at radius 3 is 1.03 bits per heavy atom. The van der Waals surface area contributed by atoms with E-state index in [0.717, 1.165) is 83.6 Å². The van der Waals surface area contributed by atoms with Gasteiger partial charge in [0.15, 0.2) is 34.9 Å². The Hall–Kier alpha value is -12.6. The number of para-hydroxylation sites is 4. The van der Waals surface area contributed by atoms with Crippen LogP contribution in [0.25, 0.3) is 157 Å². The first kappa shape index (κ1) is 61.9. The lowest BCUT2D eigenvalue weighted by Crippen LogP contribution is -2.41. The zero-order valence-corrected chi connectivity index (χ0v) is 56.1. The van der Waals surface area contributed by atoms with Crippen LogP contribution in [0.1, 0.15) is 27.7 Å². The van der Waals surface area contributed by atoms with Crippen LogP contribution in [-0.2, 0) is 9.31 Å². The summed E-state index contributed by atoms with van der Waals surface area (Å²) < 4.78 is 17.4. The van der Waals surface area contributed by atoms with E-state index in [2.05, 4.69) is 260 Å². The summed E-state index contributed by atoms with van der Waals surface area (Å²) in [5.74, 6) is 3.70. The lowest BCUT2D eigenvalue weighted by molar-refractivity contribution is 0.00578. The van der Waals surface area contributed by atoms with Crippen molar-refractivity contribution in [1.29, 1.82) is 0 Å². The molecular weight excluding hydrogens is 1240 g/mol. The second kappa shape index (κ2) is 26.0. The fourth-order valence-electron chi connectivity index (χ4n) is 13.5. The molecule has 1 saturated heterocycles. The third-order valence-electron chi connectivity index (χ3n) is 19.4. The number of pyridine rings is 1. The van der Waals surface area contributed by atoms with E-state index >= 15 is 0 Å². The Labute approximate surface area is 586 Å². The van der Waals surface area contributed by atoms with Gasteiger partial charge in [-0.3, -0.25) is 4.98 Å². The molecule has 1 aliphatic heterocycles. The highest BCUT2D eigenvalue weighted by Gasteiger charge is 2.51. The van der Waals surface area contributed by atoms with E-state index in [-0.39, 0.29) is 0 Å². The van der Waals surface area contributed by atoms with Gasteiger partial charge in [-0.1, -0.05) is 243 Å². The van der Waals surface area contributed by atoms with E-state index in [0.29, 0.717) is 34.9 Å². The van der Waals surface area contributed by atoms with Gasteiger partial charge in [-0.25, -0.2) is 29.9 Å². The molecule has 482 valence electrons. The minimum atomic E-state index is -0.485. The van der Waals surface area contributed by atoms with Crippen molar-refractivity contribution in [2.24, 2.45) is 0 Å². The molecule has 0 amide bonds. The van der Waals surface area contributed by atoms with Gasteiger partial charge >= 0.3 is 7.12 Å². The lowest BCUT2D eigenvalue weighted by atomic mass is 9.78. The predicted molar refractivity (Wildman–Crippen MR) is 411 cm³/mol.